The van der Waals surface area contributed by atoms with Gasteiger partial charge < -0.3 is 14.5 Å². The Kier molecular flexibility index (Phi) is 8.03. The van der Waals surface area contributed by atoms with Gasteiger partial charge >= 0.3 is 11.6 Å². The van der Waals surface area contributed by atoms with Crippen LogP contribution < -0.4 is 10.9 Å². The lowest BCUT2D eigenvalue weighted by molar-refractivity contribution is -0.152. The first-order chi connectivity index (χ1) is 14.5. The number of nitrogens with one attached hydrogen (secondary N) is 1. The predicted molar refractivity (Wildman–Crippen MR) is 128 cm³/mol. The molecule has 2 aromatic carbocycles. The second-order valence-corrected chi connectivity index (χ2v) is 9.18. The summed E-state index contributed by atoms with van der Waals surface area (Å²) in [6.07, 6.45) is 0. The van der Waals surface area contributed by atoms with Crippen LogP contribution in [0.5, 0.6) is 0 Å². The first-order valence-electron chi connectivity index (χ1n) is 10.6. The maximum atomic E-state index is 12.1. The van der Waals surface area contributed by atoms with Gasteiger partial charge in [0.25, 0.3) is 0 Å². The Morgan fingerprint density at radius 1 is 1.03 bits per heavy atom. The van der Waals surface area contributed by atoms with E-state index in [9.17, 15) is 9.59 Å². The van der Waals surface area contributed by atoms with Crippen molar-refractivity contribution in [2.24, 2.45) is 5.92 Å². The summed E-state index contributed by atoms with van der Waals surface area (Å²) >= 11 is 0. The van der Waals surface area contributed by atoms with E-state index in [1.165, 1.54) is 6.07 Å². The number of carbonyl (C=O) groups excluding carboxylic acids is 1. The number of anilines is 1. The highest BCUT2D eigenvalue weighted by molar-refractivity contribution is 5.95. The van der Waals surface area contributed by atoms with Crippen LogP contribution in [0.25, 0.3) is 22.1 Å². The number of hydrogen-bond donors (Lipinski definition) is 1. The van der Waals surface area contributed by atoms with Gasteiger partial charge in [-0.05, 0) is 56.9 Å². The molecule has 3 aromatic rings. The third-order valence-corrected chi connectivity index (χ3v) is 4.04. The first-order valence-corrected chi connectivity index (χ1v) is 10.6. The average Bonchev–Trinajstić information content (AvgIpc) is 2.64. The average molecular weight is 424 g/mol. The summed E-state index contributed by atoms with van der Waals surface area (Å²) in [5.74, 6) is 0.484. The van der Waals surface area contributed by atoms with Crippen LogP contribution in [0.3, 0.4) is 0 Å². The highest BCUT2D eigenvalue weighted by atomic mass is 16.6. The molecule has 1 heterocycles. The Bertz CT molecular complexity index is 1090. The Balaban J connectivity index is 0.000000785. The number of carbonyl (C=O) groups is 1. The zero-order valence-corrected chi connectivity index (χ0v) is 19.5. The lowest BCUT2D eigenvalue weighted by Crippen LogP contribution is -2.28. The molecule has 0 aliphatic carbocycles. The quantitative estimate of drug-likeness (QED) is 0.401. The molecule has 0 saturated heterocycles. The fourth-order valence-electron chi connectivity index (χ4n) is 2.92. The van der Waals surface area contributed by atoms with Gasteiger partial charge in [-0.3, -0.25) is 4.79 Å². The molecule has 5 nitrogen and oxygen atoms in total. The molecule has 0 unspecified atom stereocenters. The fourth-order valence-corrected chi connectivity index (χ4v) is 2.92. The van der Waals surface area contributed by atoms with Crippen molar-refractivity contribution in [3.05, 3.63) is 64.5 Å². The third kappa shape index (κ3) is 7.59. The molecular weight excluding hydrogens is 390 g/mol. The predicted octanol–water partition coefficient (Wildman–Crippen LogP) is 6.18. The number of rotatable bonds is 4. The Hall–Kier alpha value is -3.08. The lowest BCUT2D eigenvalue weighted by atomic mass is 9.98. The van der Waals surface area contributed by atoms with E-state index in [0.717, 1.165) is 28.0 Å². The number of aryl methyl sites for hydroxylation is 1. The number of esters is 1. The van der Waals surface area contributed by atoms with Gasteiger partial charge in [0.1, 0.15) is 17.7 Å². The van der Waals surface area contributed by atoms with Crippen molar-refractivity contribution in [1.29, 1.82) is 0 Å². The van der Waals surface area contributed by atoms with E-state index in [0.29, 0.717) is 11.3 Å². The number of benzene rings is 2. The zero-order valence-electron chi connectivity index (χ0n) is 19.5. The van der Waals surface area contributed by atoms with E-state index < -0.39 is 11.2 Å². The molecular formula is C26H33NO4. The molecule has 1 aromatic heterocycles. The molecule has 0 radical (unpaired) electrons. The van der Waals surface area contributed by atoms with E-state index in [1.807, 2.05) is 64.1 Å². The van der Waals surface area contributed by atoms with Crippen LogP contribution in [0.4, 0.5) is 5.69 Å². The second kappa shape index (κ2) is 10.3. The summed E-state index contributed by atoms with van der Waals surface area (Å²) in [6, 6.07) is 14.9. The van der Waals surface area contributed by atoms with Crippen molar-refractivity contribution in [3.63, 3.8) is 0 Å². The monoisotopic (exact) mass is 423 g/mol. The summed E-state index contributed by atoms with van der Waals surface area (Å²) in [5.41, 5.74) is 3.11. The van der Waals surface area contributed by atoms with Gasteiger partial charge in [-0.1, -0.05) is 45.0 Å². The summed E-state index contributed by atoms with van der Waals surface area (Å²) in [7, 11) is 0. The van der Waals surface area contributed by atoms with Crippen molar-refractivity contribution in [1.82, 2.24) is 0 Å². The van der Waals surface area contributed by atoms with Crippen molar-refractivity contribution in [3.8, 4) is 11.1 Å². The van der Waals surface area contributed by atoms with Gasteiger partial charge in [0, 0.05) is 28.8 Å². The minimum atomic E-state index is -0.530. The van der Waals surface area contributed by atoms with E-state index in [1.54, 1.807) is 6.07 Å². The molecule has 1 N–H and O–H groups in total. The van der Waals surface area contributed by atoms with Crippen LogP contribution >= 0.6 is 0 Å². The molecule has 166 valence electrons. The minimum Gasteiger partial charge on any atom is -0.459 e. The highest BCUT2D eigenvalue weighted by Gasteiger charge is 2.16. The van der Waals surface area contributed by atoms with Gasteiger partial charge in [0.15, 0.2) is 0 Å². The van der Waals surface area contributed by atoms with Gasteiger partial charge in [-0.2, -0.15) is 0 Å². The summed E-state index contributed by atoms with van der Waals surface area (Å²) in [4.78, 5) is 23.9. The highest BCUT2D eigenvalue weighted by Crippen LogP contribution is 2.30. The normalized spacial score (nSPS) is 11.1. The summed E-state index contributed by atoms with van der Waals surface area (Å²) in [5, 5.41) is 3.85. The standard InChI is InChI=1S/C22H23NO4.C4H10/c1-14-7-5-6-8-16(14)18-12-20(24)26-19-11-15(9-10-17(18)19)23-13-21(25)27-22(2,3)4;1-4(2)3/h5-12,23H,13H2,1-4H3;4H,1-3H3. The summed E-state index contributed by atoms with van der Waals surface area (Å²) < 4.78 is 10.7. The largest absolute Gasteiger partial charge is 0.459 e. The van der Waals surface area contributed by atoms with E-state index in [-0.39, 0.29) is 12.5 Å². The molecule has 0 aliphatic rings. The molecule has 0 saturated carbocycles. The topological polar surface area (TPSA) is 68.5 Å². The maximum Gasteiger partial charge on any atom is 0.336 e. The van der Waals surface area contributed by atoms with Crippen LogP contribution in [0, 0.1) is 12.8 Å². The van der Waals surface area contributed by atoms with Crippen LogP contribution in [0.1, 0.15) is 47.1 Å². The molecule has 5 heteroatoms. The van der Waals surface area contributed by atoms with Crippen molar-refractivity contribution in [2.75, 3.05) is 11.9 Å². The molecule has 0 atom stereocenters. The first kappa shape index (κ1) is 24.2. The van der Waals surface area contributed by atoms with Crippen molar-refractivity contribution < 1.29 is 13.9 Å². The molecule has 3 rings (SSSR count). The third-order valence-electron chi connectivity index (χ3n) is 4.04. The van der Waals surface area contributed by atoms with E-state index in [2.05, 4.69) is 26.1 Å². The molecule has 0 amide bonds. The van der Waals surface area contributed by atoms with Gasteiger partial charge in [-0.15, -0.1) is 0 Å². The Labute approximate surface area is 184 Å². The molecule has 31 heavy (non-hydrogen) atoms. The van der Waals surface area contributed by atoms with Crippen LogP contribution in [0.15, 0.2) is 57.7 Å². The smallest absolute Gasteiger partial charge is 0.336 e. The Morgan fingerprint density at radius 3 is 2.29 bits per heavy atom. The molecule has 0 bridgehead atoms. The number of fused-ring (bicyclic) bond motifs is 1. The van der Waals surface area contributed by atoms with Crippen molar-refractivity contribution >= 4 is 22.6 Å². The van der Waals surface area contributed by atoms with Gasteiger partial charge in [-0.25, -0.2) is 4.79 Å². The fraction of sp³-hybridized carbons (Fsp3) is 0.385. The minimum absolute atomic E-state index is 0.0322. The van der Waals surface area contributed by atoms with Crippen molar-refractivity contribution in [2.45, 2.75) is 54.1 Å². The zero-order chi connectivity index (χ0) is 23.2. The Morgan fingerprint density at radius 2 is 1.68 bits per heavy atom. The lowest BCUT2D eigenvalue weighted by Gasteiger charge is -2.19. The SMILES string of the molecule is CC(C)C.Cc1ccccc1-c1cc(=O)oc2cc(NCC(=O)OC(C)(C)C)ccc12. The van der Waals surface area contributed by atoms with Crippen LogP contribution in [0.2, 0.25) is 0 Å². The van der Waals surface area contributed by atoms with Crippen LogP contribution in [-0.2, 0) is 9.53 Å². The molecule has 0 spiro atoms. The van der Waals surface area contributed by atoms with E-state index in [4.69, 9.17) is 9.15 Å². The van der Waals surface area contributed by atoms with Gasteiger partial charge in [0.2, 0.25) is 0 Å². The van der Waals surface area contributed by atoms with E-state index >= 15 is 0 Å². The summed E-state index contributed by atoms with van der Waals surface area (Å²) in [6.45, 7) is 14.0. The molecule has 0 fully saturated rings. The van der Waals surface area contributed by atoms with Crippen LogP contribution in [-0.4, -0.2) is 18.1 Å². The van der Waals surface area contributed by atoms with Gasteiger partial charge in [0.05, 0.1) is 0 Å². The molecule has 0 aliphatic heterocycles. The number of hydrogen-bond acceptors (Lipinski definition) is 5. The maximum absolute atomic E-state index is 12.1. The second-order valence-electron chi connectivity index (χ2n) is 9.18. The number of ether oxygens (including phenoxy) is 1.